The van der Waals surface area contributed by atoms with E-state index < -0.39 is 0 Å². The molecule has 1 unspecified atom stereocenters. The van der Waals surface area contributed by atoms with Gasteiger partial charge in [0.1, 0.15) is 5.82 Å². The third kappa shape index (κ3) is 3.77. The highest BCUT2D eigenvalue weighted by atomic mass is 19.1. The highest BCUT2D eigenvalue weighted by Gasteiger charge is 2.24. The molecule has 3 nitrogen and oxygen atoms in total. The second-order valence-electron chi connectivity index (χ2n) is 5.06. The van der Waals surface area contributed by atoms with Crippen LogP contribution in [0.5, 0.6) is 0 Å². The topological polar surface area (TPSA) is 32.3 Å². The predicted octanol–water partition coefficient (Wildman–Crippen LogP) is 2.49. The molecular formula is C15H21FN2O. The highest BCUT2D eigenvalue weighted by molar-refractivity contribution is 5.77. The Kier molecular flexibility index (Phi) is 4.91. The van der Waals surface area contributed by atoms with E-state index in [0.717, 1.165) is 31.4 Å². The Morgan fingerprint density at radius 2 is 2.26 bits per heavy atom. The molecule has 1 aliphatic heterocycles. The van der Waals surface area contributed by atoms with E-state index in [1.807, 2.05) is 6.07 Å². The minimum atomic E-state index is -0.207. The zero-order chi connectivity index (χ0) is 13.7. The molecule has 1 N–H and O–H groups in total. The Bertz CT molecular complexity index is 436. The second kappa shape index (κ2) is 6.66. The van der Waals surface area contributed by atoms with Gasteiger partial charge in [-0.3, -0.25) is 9.69 Å². The number of nitrogens with one attached hydrogen (secondary N) is 1. The first-order chi connectivity index (χ1) is 9.20. The zero-order valence-electron chi connectivity index (χ0n) is 11.4. The van der Waals surface area contributed by atoms with Crippen molar-refractivity contribution >= 4 is 5.91 Å². The van der Waals surface area contributed by atoms with Crippen molar-refractivity contribution in [2.75, 3.05) is 20.1 Å². The first-order valence-electron chi connectivity index (χ1n) is 6.91. The molecule has 0 aliphatic carbocycles. The second-order valence-corrected chi connectivity index (χ2v) is 5.06. The van der Waals surface area contributed by atoms with Crippen molar-refractivity contribution in [3.63, 3.8) is 0 Å². The summed E-state index contributed by atoms with van der Waals surface area (Å²) in [7, 11) is 1.65. The number of halogens is 1. The molecule has 1 atom stereocenters. The van der Waals surface area contributed by atoms with Gasteiger partial charge in [-0.25, -0.2) is 4.39 Å². The molecule has 0 spiro atoms. The molecule has 1 saturated heterocycles. The molecule has 0 aromatic heterocycles. The van der Waals surface area contributed by atoms with Crippen molar-refractivity contribution < 1.29 is 9.18 Å². The summed E-state index contributed by atoms with van der Waals surface area (Å²) in [6.45, 7) is 1.28. The molecule has 2 rings (SSSR count). The van der Waals surface area contributed by atoms with Crippen LogP contribution in [0, 0.1) is 5.82 Å². The van der Waals surface area contributed by atoms with Crippen LogP contribution in [0.4, 0.5) is 4.39 Å². The van der Waals surface area contributed by atoms with E-state index in [-0.39, 0.29) is 17.8 Å². The van der Waals surface area contributed by atoms with Crippen LogP contribution in [0.15, 0.2) is 24.3 Å². The number of carbonyl (C=O) groups is 1. The summed E-state index contributed by atoms with van der Waals surface area (Å²) >= 11 is 0. The van der Waals surface area contributed by atoms with Gasteiger partial charge < -0.3 is 5.32 Å². The largest absolute Gasteiger partial charge is 0.358 e. The van der Waals surface area contributed by atoms with E-state index in [2.05, 4.69) is 10.2 Å². The summed E-state index contributed by atoms with van der Waals surface area (Å²) in [4.78, 5) is 13.8. The quantitative estimate of drug-likeness (QED) is 0.909. The van der Waals surface area contributed by atoms with Crippen molar-refractivity contribution in [3.05, 3.63) is 35.6 Å². The molecule has 19 heavy (non-hydrogen) atoms. The third-order valence-corrected chi connectivity index (χ3v) is 3.72. The molecule has 0 saturated carbocycles. The number of nitrogens with zero attached hydrogens (tertiary/aromatic N) is 1. The SMILES string of the molecule is CNC(=O)CN1CCCCCC1c1cccc(F)c1. The van der Waals surface area contributed by atoms with Gasteiger partial charge in [-0.05, 0) is 37.1 Å². The number of likely N-dealkylation sites (N-methyl/N-ethyl adjacent to an activating group) is 1. The number of likely N-dealkylation sites (tertiary alicyclic amines) is 1. The van der Waals surface area contributed by atoms with Gasteiger partial charge in [0.2, 0.25) is 5.91 Å². The van der Waals surface area contributed by atoms with Gasteiger partial charge in [-0.2, -0.15) is 0 Å². The average molecular weight is 264 g/mol. The zero-order valence-corrected chi connectivity index (χ0v) is 11.4. The lowest BCUT2D eigenvalue weighted by atomic mass is 10.0. The van der Waals surface area contributed by atoms with Crippen molar-refractivity contribution in [1.82, 2.24) is 10.2 Å². The Morgan fingerprint density at radius 1 is 1.42 bits per heavy atom. The van der Waals surface area contributed by atoms with E-state index in [9.17, 15) is 9.18 Å². The van der Waals surface area contributed by atoms with Gasteiger partial charge in [0.25, 0.3) is 0 Å². The van der Waals surface area contributed by atoms with Crippen LogP contribution in [-0.4, -0.2) is 30.9 Å². The Balaban J connectivity index is 2.19. The summed E-state index contributed by atoms with van der Waals surface area (Å²) < 4.78 is 13.4. The lowest BCUT2D eigenvalue weighted by Crippen LogP contribution is -2.38. The van der Waals surface area contributed by atoms with Crippen LogP contribution in [-0.2, 0) is 4.79 Å². The highest BCUT2D eigenvalue weighted by Crippen LogP contribution is 2.30. The van der Waals surface area contributed by atoms with Gasteiger partial charge in [-0.1, -0.05) is 25.0 Å². The summed E-state index contributed by atoms with van der Waals surface area (Å²) in [5.74, 6) is -0.190. The average Bonchev–Trinajstić information content (AvgIpc) is 2.64. The molecule has 1 aliphatic rings. The molecule has 1 aromatic rings. The summed E-state index contributed by atoms with van der Waals surface area (Å²) in [6, 6.07) is 6.90. The Labute approximate surface area is 113 Å². The normalized spacial score (nSPS) is 20.8. The number of hydrogen-bond acceptors (Lipinski definition) is 2. The predicted molar refractivity (Wildman–Crippen MR) is 73.2 cm³/mol. The summed E-state index contributed by atoms with van der Waals surface area (Å²) in [5.41, 5.74) is 0.978. The minimum absolute atomic E-state index is 0.0169. The van der Waals surface area contributed by atoms with Crippen molar-refractivity contribution in [3.8, 4) is 0 Å². The molecule has 1 amide bonds. The number of hydrogen-bond donors (Lipinski definition) is 1. The Morgan fingerprint density at radius 3 is 3.00 bits per heavy atom. The van der Waals surface area contributed by atoms with Crippen LogP contribution >= 0.6 is 0 Å². The van der Waals surface area contributed by atoms with Crippen LogP contribution < -0.4 is 5.32 Å². The maximum absolute atomic E-state index is 13.4. The fourth-order valence-electron chi connectivity index (χ4n) is 2.71. The van der Waals surface area contributed by atoms with E-state index in [0.29, 0.717) is 6.54 Å². The maximum Gasteiger partial charge on any atom is 0.233 e. The monoisotopic (exact) mass is 264 g/mol. The molecule has 4 heteroatoms. The van der Waals surface area contributed by atoms with Crippen molar-refractivity contribution in [2.24, 2.45) is 0 Å². The van der Waals surface area contributed by atoms with Gasteiger partial charge in [0.05, 0.1) is 6.54 Å². The van der Waals surface area contributed by atoms with Crippen LogP contribution in [0.3, 0.4) is 0 Å². The van der Waals surface area contributed by atoms with Gasteiger partial charge in [0.15, 0.2) is 0 Å². The first kappa shape index (κ1) is 14.0. The fraction of sp³-hybridized carbons (Fsp3) is 0.533. The fourth-order valence-corrected chi connectivity index (χ4v) is 2.71. The van der Waals surface area contributed by atoms with E-state index >= 15 is 0 Å². The van der Waals surface area contributed by atoms with Gasteiger partial charge in [0, 0.05) is 13.1 Å². The molecule has 1 aromatic carbocycles. The standard InChI is InChI=1S/C15H21FN2O/c1-17-15(19)11-18-9-4-2-3-8-14(18)12-6-5-7-13(16)10-12/h5-7,10,14H,2-4,8-9,11H2,1H3,(H,17,19). The Hall–Kier alpha value is -1.42. The number of carbonyl (C=O) groups excluding carboxylic acids is 1. The first-order valence-corrected chi connectivity index (χ1v) is 6.91. The molecule has 104 valence electrons. The smallest absolute Gasteiger partial charge is 0.233 e. The molecular weight excluding hydrogens is 243 g/mol. The van der Waals surface area contributed by atoms with Crippen LogP contribution in [0.25, 0.3) is 0 Å². The van der Waals surface area contributed by atoms with Crippen LogP contribution in [0.2, 0.25) is 0 Å². The van der Waals surface area contributed by atoms with Crippen molar-refractivity contribution in [1.29, 1.82) is 0 Å². The lowest BCUT2D eigenvalue weighted by molar-refractivity contribution is -0.122. The molecule has 0 radical (unpaired) electrons. The van der Waals surface area contributed by atoms with E-state index in [1.54, 1.807) is 19.2 Å². The van der Waals surface area contributed by atoms with E-state index in [1.165, 1.54) is 12.5 Å². The maximum atomic E-state index is 13.4. The van der Waals surface area contributed by atoms with Gasteiger partial charge in [-0.15, -0.1) is 0 Å². The minimum Gasteiger partial charge on any atom is -0.358 e. The lowest BCUT2D eigenvalue weighted by Gasteiger charge is -2.29. The van der Waals surface area contributed by atoms with E-state index in [4.69, 9.17) is 0 Å². The summed E-state index contributed by atoms with van der Waals surface area (Å²) in [5, 5.41) is 2.66. The number of rotatable bonds is 3. The van der Waals surface area contributed by atoms with Crippen molar-refractivity contribution in [2.45, 2.75) is 31.7 Å². The number of benzene rings is 1. The summed E-state index contributed by atoms with van der Waals surface area (Å²) in [6.07, 6.45) is 4.39. The third-order valence-electron chi connectivity index (χ3n) is 3.72. The van der Waals surface area contributed by atoms with Gasteiger partial charge >= 0.3 is 0 Å². The number of amides is 1. The molecule has 1 heterocycles. The molecule has 1 fully saturated rings. The van der Waals surface area contributed by atoms with Crippen LogP contribution in [0.1, 0.15) is 37.3 Å². The molecule has 0 bridgehead atoms.